The summed E-state index contributed by atoms with van der Waals surface area (Å²) in [5, 5.41) is 9.60. The quantitative estimate of drug-likeness (QED) is 0.483. The summed E-state index contributed by atoms with van der Waals surface area (Å²) >= 11 is 18.3. The molecule has 2 aromatic rings. The number of benzene rings is 1. The maximum Gasteiger partial charge on any atom is 0.303 e. The average molecular weight is 442 g/mol. The number of hydrogen-bond donors (Lipinski definition) is 1. The molecule has 1 fully saturated rings. The molecule has 140 valence electrons. The van der Waals surface area contributed by atoms with Gasteiger partial charge in [-0.05, 0) is 36.8 Å². The van der Waals surface area contributed by atoms with E-state index in [1.165, 1.54) is 16.7 Å². The van der Waals surface area contributed by atoms with Crippen LogP contribution in [0, 0.1) is 0 Å². The summed E-state index contributed by atoms with van der Waals surface area (Å²) in [4.78, 5) is 25.0. The van der Waals surface area contributed by atoms with Crippen molar-refractivity contribution in [3.8, 4) is 11.3 Å². The van der Waals surface area contributed by atoms with Gasteiger partial charge < -0.3 is 9.52 Å². The van der Waals surface area contributed by atoms with Crippen molar-refractivity contribution >= 4 is 69.5 Å². The van der Waals surface area contributed by atoms with Crippen LogP contribution in [0.25, 0.3) is 17.4 Å². The molecule has 0 radical (unpaired) electrons. The number of amides is 1. The number of hydrogen-bond acceptors (Lipinski definition) is 5. The third-order valence-electron chi connectivity index (χ3n) is 3.75. The number of halogens is 2. The lowest BCUT2D eigenvalue weighted by atomic mass is 10.2. The highest BCUT2D eigenvalue weighted by atomic mass is 35.5. The third kappa shape index (κ3) is 4.73. The van der Waals surface area contributed by atoms with Crippen LogP contribution >= 0.6 is 47.2 Å². The zero-order valence-electron chi connectivity index (χ0n) is 13.8. The lowest BCUT2D eigenvalue weighted by molar-refractivity contribution is -0.137. The Morgan fingerprint density at radius 2 is 2.04 bits per heavy atom. The van der Waals surface area contributed by atoms with Gasteiger partial charge in [-0.15, -0.1) is 0 Å². The molecule has 1 aliphatic rings. The SMILES string of the molecule is O=C(O)CCCN1C(=O)/C(=C\c2ccc(-c3ccc(Cl)c(Cl)c3)o2)SC1=S. The molecule has 1 aliphatic heterocycles. The number of thiocarbonyl (C=S) groups is 1. The molecule has 0 saturated carbocycles. The van der Waals surface area contributed by atoms with Gasteiger partial charge in [-0.3, -0.25) is 14.5 Å². The summed E-state index contributed by atoms with van der Waals surface area (Å²) in [6, 6.07) is 8.70. The van der Waals surface area contributed by atoms with Gasteiger partial charge in [0.2, 0.25) is 0 Å². The number of rotatable bonds is 6. The Hall–Kier alpha value is -1.80. The van der Waals surface area contributed by atoms with Crippen molar-refractivity contribution in [1.82, 2.24) is 4.90 Å². The minimum atomic E-state index is -0.901. The molecule has 0 unspecified atom stereocenters. The number of carbonyl (C=O) groups is 2. The van der Waals surface area contributed by atoms with Crippen molar-refractivity contribution in [2.45, 2.75) is 12.8 Å². The monoisotopic (exact) mass is 441 g/mol. The van der Waals surface area contributed by atoms with E-state index in [0.717, 1.165) is 5.56 Å². The molecule has 9 heteroatoms. The van der Waals surface area contributed by atoms with Crippen LogP contribution in [-0.4, -0.2) is 32.7 Å². The predicted molar refractivity (Wildman–Crippen MR) is 111 cm³/mol. The van der Waals surface area contributed by atoms with E-state index in [-0.39, 0.29) is 18.9 Å². The lowest BCUT2D eigenvalue weighted by Gasteiger charge is -2.13. The molecule has 0 atom stereocenters. The third-order valence-corrected chi connectivity index (χ3v) is 5.87. The first kappa shape index (κ1) is 19.9. The van der Waals surface area contributed by atoms with Crippen molar-refractivity contribution in [1.29, 1.82) is 0 Å². The molecule has 5 nitrogen and oxygen atoms in total. The molecule has 2 heterocycles. The number of aliphatic carboxylic acids is 1. The Morgan fingerprint density at radius 1 is 1.26 bits per heavy atom. The van der Waals surface area contributed by atoms with E-state index >= 15 is 0 Å². The lowest BCUT2D eigenvalue weighted by Crippen LogP contribution is -2.29. The van der Waals surface area contributed by atoms with Crippen molar-refractivity contribution in [2.75, 3.05) is 6.54 Å². The van der Waals surface area contributed by atoms with E-state index in [0.29, 0.717) is 37.2 Å². The van der Waals surface area contributed by atoms with E-state index in [4.69, 9.17) is 44.9 Å². The summed E-state index contributed by atoms with van der Waals surface area (Å²) in [5.41, 5.74) is 0.769. The molecular formula is C18H13Cl2NO4S2. The van der Waals surface area contributed by atoms with Crippen LogP contribution in [0.3, 0.4) is 0 Å². The summed E-state index contributed by atoms with van der Waals surface area (Å²) < 4.78 is 6.18. The van der Waals surface area contributed by atoms with Gasteiger partial charge in [0, 0.05) is 24.6 Å². The highest BCUT2D eigenvalue weighted by Crippen LogP contribution is 2.34. The van der Waals surface area contributed by atoms with Crippen LogP contribution < -0.4 is 0 Å². The fraction of sp³-hybridized carbons (Fsp3) is 0.167. The second kappa shape index (κ2) is 8.48. The molecule has 1 saturated heterocycles. The van der Waals surface area contributed by atoms with Crippen molar-refractivity contribution in [2.24, 2.45) is 0 Å². The molecule has 0 bridgehead atoms. The smallest absolute Gasteiger partial charge is 0.303 e. The molecule has 0 spiro atoms. The van der Waals surface area contributed by atoms with E-state index in [1.807, 2.05) is 0 Å². The van der Waals surface area contributed by atoms with Crippen LogP contribution in [0.4, 0.5) is 0 Å². The average Bonchev–Trinajstić information content (AvgIpc) is 3.17. The van der Waals surface area contributed by atoms with Gasteiger partial charge in [0.1, 0.15) is 15.8 Å². The normalized spacial score (nSPS) is 15.8. The van der Waals surface area contributed by atoms with Gasteiger partial charge in [-0.1, -0.05) is 47.2 Å². The molecule has 27 heavy (non-hydrogen) atoms. The molecular weight excluding hydrogens is 429 g/mol. The van der Waals surface area contributed by atoms with Crippen LogP contribution in [0.2, 0.25) is 10.0 Å². The van der Waals surface area contributed by atoms with Crippen molar-refractivity contribution < 1.29 is 19.1 Å². The summed E-state index contributed by atoms with van der Waals surface area (Å²) in [6.07, 6.45) is 1.95. The highest BCUT2D eigenvalue weighted by molar-refractivity contribution is 8.26. The van der Waals surface area contributed by atoms with E-state index in [9.17, 15) is 9.59 Å². The molecule has 1 aromatic carbocycles. The second-order valence-electron chi connectivity index (χ2n) is 5.66. The Kier molecular flexibility index (Phi) is 6.26. The molecule has 0 aliphatic carbocycles. The number of furan rings is 1. The Bertz CT molecular complexity index is 955. The Labute approximate surface area is 174 Å². The maximum atomic E-state index is 12.5. The zero-order valence-corrected chi connectivity index (χ0v) is 16.9. The summed E-state index contributed by atoms with van der Waals surface area (Å²) in [7, 11) is 0. The zero-order chi connectivity index (χ0) is 19.6. The van der Waals surface area contributed by atoms with E-state index < -0.39 is 5.97 Å². The number of carboxylic acid groups (broad SMARTS) is 1. The fourth-order valence-corrected chi connectivity index (χ4v) is 4.03. The predicted octanol–water partition coefficient (Wildman–Crippen LogP) is 5.32. The molecule has 1 aromatic heterocycles. The van der Waals surface area contributed by atoms with Gasteiger partial charge >= 0.3 is 5.97 Å². The van der Waals surface area contributed by atoms with Crippen LogP contribution in [-0.2, 0) is 9.59 Å². The summed E-state index contributed by atoms with van der Waals surface area (Å²) in [5.74, 6) is -0.0526. The molecule has 1 N–H and O–H groups in total. The Balaban J connectivity index is 1.74. The number of carboxylic acids is 1. The first-order valence-electron chi connectivity index (χ1n) is 7.87. The standard InChI is InChI=1S/C18H13Cl2NO4S2/c19-12-5-3-10(8-13(12)20)14-6-4-11(25-14)9-15-17(24)21(18(26)27-15)7-1-2-16(22)23/h3-6,8-9H,1-2,7H2,(H,22,23)/b15-9+. The topological polar surface area (TPSA) is 70.8 Å². The van der Waals surface area contributed by atoms with Crippen LogP contribution in [0.5, 0.6) is 0 Å². The largest absolute Gasteiger partial charge is 0.481 e. The first-order chi connectivity index (χ1) is 12.8. The minimum absolute atomic E-state index is 0.0126. The number of nitrogens with zero attached hydrogens (tertiary/aromatic N) is 1. The molecule has 3 rings (SSSR count). The van der Waals surface area contributed by atoms with Crippen LogP contribution in [0.1, 0.15) is 18.6 Å². The Morgan fingerprint density at radius 3 is 2.74 bits per heavy atom. The van der Waals surface area contributed by atoms with Crippen molar-refractivity contribution in [3.05, 3.63) is 51.0 Å². The van der Waals surface area contributed by atoms with Crippen molar-refractivity contribution in [3.63, 3.8) is 0 Å². The van der Waals surface area contributed by atoms with Gasteiger partial charge in [-0.2, -0.15) is 0 Å². The minimum Gasteiger partial charge on any atom is -0.481 e. The van der Waals surface area contributed by atoms with Gasteiger partial charge in [0.25, 0.3) is 5.91 Å². The maximum absolute atomic E-state index is 12.5. The summed E-state index contributed by atoms with van der Waals surface area (Å²) in [6.45, 7) is 0.279. The van der Waals surface area contributed by atoms with E-state index in [2.05, 4.69) is 0 Å². The fourth-order valence-electron chi connectivity index (χ4n) is 2.45. The number of carbonyl (C=O) groups excluding carboxylic acids is 1. The van der Waals surface area contributed by atoms with Gasteiger partial charge in [0.15, 0.2) is 0 Å². The van der Waals surface area contributed by atoms with Gasteiger partial charge in [-0.25, -0.2) is 0 Å². The van der Waals surface area contributed by atoms with Crippen LogP contribution in [0.15, 0.2) is 39.7 Å². The first-order valence-corrected chi connectivity index (χ1v) is 9.85. The number of thioether (sulfide) groups is 1. The van der Waals surface area contributed by atoms with E-state index in [1.54, 1.807) is 36.4 Å². The van der Waals surface area contributed by atoms with Gasteiger partial charge in [0.05, 0.1) is 15.0 Å². The second-order valence-corrected chi connectivity index (χ2v) is 8.15. The molecule has 1 amide bonds. The highest BCUT2D eigenvalue weighted by Gasteiger charge is 2.31.